The van der Waals surface area contributed by atoms with Crippen LogP contribution in [0.3, 0.4) is 0 Å². The van der Waals surface area contributed by atoms with Gasteiger partial charge in [0.1, 0.15) is 11.4 Å². The number of amides is 1. The van der Waals surface area contributed by atoms with Crippen molar-refractivity contribution in [1.82, 2.24) is 24.9 Å². The van der Waals surface area contributed by atoms with E-state index < -0.39 is 0 Å². The monoisotopic (exact) mass is 415 g/mol. The molecule has 0 saturated heterocycles. The number of carbonyl (C=O) groups is 1. The Hall–Kier alpha value is -2.80. The van der Waals surface area contributed by atoms with Gasteiger partial charge in [-0.25, -0.2) is 4.68 Å². The lowest BCUT2D eigenvalue weighted by molar-refractivity contribution is 0.0943. The number of carbonyl (C=O) groups excluding carboxylic acids is 1. The normalized spacial score (nSPS) is 11.5. The fraction of sp³-hybridized carbons (Fsp3) is 0.381. The van der Waals surface area contributed by atoms with Crippen molar-refractivity contribution in [3.63, 3.8) is 0 Å². The summed E-state index contributed by atoms with van der Waals surface area (Å²) in [7, 11) is 0. The highest BCUT2D eigenvalue weighted by atomic mass is 35.5. The van der Waals surface area contributed by atoms with Crippen LogP contribution in [0.4, 0.5) is 0 Å². The smallest absolute Gasteiger partial charge is 0.272 e. The summed E-state index contributed by atoms with van der Waals surface area (Å²) in [6, 6.07) is 9.66. The van der Waals surface area contributed by atoms with Crippen LogP contribution in [0.2, 0.25) is 5.02 Å². The standard InChI is InChI=1S/C21H26ClN5O2/c1-5-27-19(17(22)12-24-27)13-23-20(28)18-10-11-26(25-18)14-29-16-8-6-15(7-9-16)21(2,3)4/h6-12H,5,13-14H2,1-4H3,(H,23,28). The van der Waals surface area contributed by atoms with Gasteiger partial charge in [-0.05, 0) is 36.1 Å². The van der Waals surface area contributed by atoms with Crippen molar-refractivity contribution in [2.24, 2.45) is 0 Å². The van der Waals surface area contributed by atoms with Crippen molar-refractivity contribution in [3.8, 4) is 5.75 Å². The van der Waals surface area contributed by atoms with Crippen LogP contribution >= 0.6 is 11.6 Å². The van der Waals surface area contributed by atoms with Crippen LogP contribution in [0, 0.1) is 0 Å². The minimum atomic E-state index is -0.279. The van der Waals surface area contributed by atoms with Crippen molar-refractivity contribution in [3.05, 3.63) is 64.7 Å². The molecule has 2 heterocycles. The zero-order valence-electron chi connectivity index (χ0n) is 17.1. The van der Waals surface area contributed by atoms with Gasteiger partial charge in [0, 0.05) is 12.7 Å². The highest BCUT2D eigenvalue weighted by Gasteiger charge is 2.14. The summed E-state index contributed by atoms with van der Waals surface area (Å²) in [6.07, 6.45) is 3.29. The van der Waals surface area contributed by atoms with Crippen molar-refractivity contribution >= 4 is 17.5 Å². The number of hydrogen-bond donors (Lipinski definition) is 1. The first kappa shape index (κ1) is 20.9. The molecule has 3 aromatic rings. The molecule has 1 amide bonds. The van der Waals surface area contributed by atoms with Gasteiger partial charge in [0.2, 0.25) is 0 Å². The van der Waals surface area contributed by atoms with Gasteiger partial charge in [-0.2, -0.15) is 10.2 Å². The predicted molar refractivity (Wildman–Crippen MR) is 112 cm³/mol. The van der Waals surface area contributed by atoms with Crippen molar-refractivity contribution in [2.75, 3.05) is 0 Å². The lowest BCUT2D eigenvalue weighted by atomic mass is 9.87. The highest BCUT2D eigenvalue weighted by molar-refractivity contribution is 6.31. The Labute approximate surface area is 175 Å². The number of nitrogens with one attached hydrogen (secondary N) is 1. The van der Waals surface area contributed by atoms with E-state index in [1.54, 1.807) is 27.8 Å². The van der Waals surface area contributed by atoms with Crippen molar-refractivity contribution in [2.45, 2.75) is 52.9 Å². The molecule has 29 heavy (non-hydrogen) atoms. The van der Waals surface area contributed by atoms with Crippen molar-refractivity contribution < 1.29 is 9.53 Å². The molecule has 154 valence electrons. The molecule has 0 spiro atoms. The van der Waals surface area contributed by atoms with E-state index >= 15 is 0 Å². The van der Waals surface area contributed by atoms with E-state index in [1.807, 2.05) is 19.1 Å². The Balaban J connectivity index is 1.55. The molecule has 0 aliphatic rings. The minimum Gasteiger partial charge on any atom is -0.471 e. The third kappa shape index (κ3) is 5.17. The number of halogens is 1. The molecular formula is C21H26ClN5O2. The summed E-state index contributed by atoms with van der Waals surface area (Å²) >= 11 is 6.12. The van der Waals surface area contributed by atoms with E-state index in [-0.39, 0.29) is 24.6 Å². The number of aromatic nitrogens is 4. The van der Waals surface area contributed by atoms with Gasteiger partial charge in [0.25, 0.3) is 5.91 Å². The minimum absolute atomic E-state index is 0.0990. The summed E-state index contributed by atoms with van der Waals surface area (Å²) in [5.74, 6) is 0.472. The second-order valence-corrected chi connectivity index (χ2v) is 8.13. The number of rotatable bonds is 7. The van der Waals surface area contributed by atoms with Crippen LogP contribution in [-0.2, 0) is 25.2 Å². The second kappa shape index (κ2) is 8.69. The van der Waals surface area contributed by atoms with E-state index in [0.717, 1.165) is 11.4 Å². The molecule has 1 aromatic carbocycles. The van der Waals surface area contributed by atoms with Gasteiger partial charge in [-0.3, -0.25) is 9.48 Å². The topological polar surface area (TPSA) is 74.0 Å². The molecule has 3 rings (SSSR count). The molecule has 0 radical (unpaired) electrons. The Morgan fingerprint density at radius 1 is 1.21 bits per heavy atom. The van der Waals surface area contributed by atoms with E-state index in [1.165, 1.54) is 5.56 Å². The maximum atomic E-state index is 12.4. The Morgan fingerprint density at radius 2 is 1.93 bits per heavy atom. The Morgan fingerprint density at radius 3 is 2.59 bits per heavy atom. The van der Waals surface area contributed by atoms with E-state index in [2.05, 4.69) is 48.4 Å². The van der Waals surface area contributed by atoms with E-state index in [9.17, 15) is 4.79 Å². The molecule has 0 aliphatic heterocycles. The fourth-order valence-electron chi connectivity index (χ4n) is 2.84. The van der Waals surface area contributed by atoms with Crippen LogP contribution < -0.4 is 10.1 Å². The van der Waals surface area contributed by atoms with Gasteiger partial charge in [-0.15, -0.1) is 0 Å². The zero-order valence-corrected chi connectivity index (χ0v) is 17.9. The molecule has 8 heteroatoms. The van der Waals surface area contributed by atoms with Crippen LogP contribution in [-0.4, -0.2) is 25.5 Å². The number of ether oxygens (including phenoxy) is 1. The fourth-order valence-corrected chi connectivity index (χ4v) is 3.05. The summed E-state index contributed by atoms with van der Waals surface area (Å²) in [5, 5.41) is 11.8. The van der Waals surface area contributed by atoms with Crippen LogP contribution in [0.1, 0.15) is 49.4 Å². The van der Waals surface area contributed by atoms with Gasteiger partial charge in [0.15, 0.2) is 6.73 Å². The van der Waals surface area contributed by atoms with Gasteiger partial charge in [-0.1, -0.05) is 44.5 Å². The van der Waals surface area contributed by atoms with Gasteiger partial charge < -0.3 is 10.1 Å². The second-order valence-electron chi connectivity index (χ2n) is 7.73. The van der Waals surface area contributed by atoms with Gasteiger partial charge in [0.05, 0.1) is 23.5 Å². The molecule has 0 bridgehead atoms. The van der Waals surface area contributed by atoms with E-state index in [4.69, 9.17) is 16.3 Å². The molecule has 0 fully saturated rings. The zero-order chi connectivity index (χ0) is 21.0. The summed E-state index contributed by atoms with van der Waals surface area (Å²) < 4.78 is 9.09. The molecule has 1 N–H and O–H groups in total. The van der Waals surface area contributed by atoms with Crippen molar-refractivity contribution in [1.29, 1.82) is 0 Å². The summed E-state index contributed by atoms with van der Waals surface area (Å²) in [6.45, 7) is 9.66. The Bertz CT molecular complexity index is 970. The Kier molecular flexibility index (Phi) is 6.27. The predicted octanol–water partition coefficient (Wildman–Crippen LogP) is 4.02. The molecule has 0 aliphatic carbocycles. The maximum Gasteiger partial charge on any atom is 0.272 e. The van der Waals surface area contributed by atoms with E-state index in [0.29, 0.717) is 17.3 Å². The number of hydrogen-bond acceptors (Lipinski definition) is 4. The number of nitrogens with zero attached hydrogens (tertiary/aromatic N) is 4. The van der Waals surface area contributed by atoms with Crippen LogP contribution in [0.5, 0.6) is 5.75 Å². The quantitative estimate of drug-likeness (QED) is 0.632. The highest BCUT2D eigenvalue weighted by Crippen LogP contribution is 2.24. The first-order valence-corrected chi connectivity index (χ1v) is 9.91. The van der Waals surface area contributed by atoms with Crippen LogP contribution in [0.25, 0.3) is 0 Å². The summed E-state index contributed by atoms with van der Waals surface area (Å²) in [4.78, 5) is 12.4. The number of benzene rings is 1. The SMILES string of the molecule is CCn1ncc(Cl)c1CNC(=O)c1ccn(COc2ccc(C(C)(C)C)cc2)n1. The molecule has 7 nitrogen and oxygen atoms in total. The number of aryl methyl sites for hydroxylation is 1. The first-order valence-electron chi connectivity index (χ1n) is 9.53. The average Bonchev–Trinajstić information content (AvgIpc) is 3.30. The third-order valence-electron chi connectivity index (χ3n) is 4.57. The lowest BCUT2D eigenvalue weighted by Crippen LogP contribution is -2.25. The molecule has 0 unspecified atom stereocenters. The third-order valence-corrected chi connectivity index (χ3v) is 4.89. The molecule has 2 aromatic heterocycles. The van der Waals surface area contributed by atoms with Crippen LogP contribution in [0.15, 0.2) is 42.7 Å². The molecule has 0 atom stereocenters. The summed E-state index contributed by atoms with van der Waals surface area (Å²) in [5.41, 5.74) is 2.42. The molecule has 0 saturated carbocycles. The largest absolute Gasteiger partial charge is 0.471 e. The molecular weight excluding hydrogens is 390 g/mol. The lowest BCUT2D eigenvalue weighted by Gasteiger charge is -2.19. The first-order chi connectivity index (χ1) is 13.8. The average molecular weight is 416 g/mol. The maximum absolute atomic E-state index is 12.4. The van der Waals surface area contributed by atoms with Gasteiger partial charge >= 0.3 is 0 Å².